The summed E-state index contributed by atoms with van der Waals surface area (Å²) < 4.78 is 42.6. The van der Waals surface area contributed by atoms with Gasteiger partial charge in [-0.05, 0) is 64.9 Å². The van der Waals surface area contributed by atoms with Crippen LogP contribution in [0, 0.1) is 19.5 Å². The number of nitro benzene ring substituents is 1. The Morgan fingerprint density at radius 3 is 2.34 bits per heavy atom. The first-order chi connectivity index (χ1) is 15.2. The maximum atomic E-state index is 13.6. The van der Waals surface area contributed by atoms with Crippen molar-refractivity contribution < 1.29 is 22.5 Å². The van der Waals surface area contributed by atoms with Crippen LogP contribution >= 0.6 is 22.6 Å². The third-order valence-corrected chi connectivity index (χ3v) is 6.64. The third-order valence-electron chi connectivity index (χ3n) is 4.43. The van der Waals surface area contributed by atoms with E-state index in [-0.39, 0.29) is 17.0 Å². The molecule has 3 rings (SSSR count). The molecule has 1 atom stereocenters. The van der Waals surface area contributed by atoms with Gasteiger partial charge in [0.25, 0.3) is 5.69 Å². The van der Waals surface area contributed by atoms with E-state index >= 15 is 0 Å². The topological polar surface area (TPSA) is 118 Å². The van der Waals surface area contributed by atoms with Gasteiger partial charge in [0.05, 0.1) is 9.82 Å². The minimum atomic E-state index is -4.09. The van der Waals surface area contributed by atoms with Crippen molar-refractivity contribution in [3.8, 4) is 0 Å². The van der Waals surface area contributed by atoms with Crippen LogP contribution in [0.4, 0.5) is 15.8 Å². The van der Waals surface area contributed by atoms with Gasteiger partial charge >= 0.3 is 0 Å². The van der Waals surface area contributed by atoms with E-state index in [0.29, 0.717) is 5.56 Å². The Labute approximate surface area is 197 Å². The standard InChI is InChI=1S/C21H17FIN3O5S/c22-15-6-11-20(26(28)29)18(13-15)24-21(27)19(12-14-4-2-1-3-5-14)25-32(30,31)17-9-7-16(23)8-10-17/h1-11,13,19,25H,12H2,(H,24,27)/t19-/m1/s1. The van der Waals surface area contributed by atoms with E-state index in [0.717, 1.165) is 21.8 Å². The Morgan fingerprint density at radius 1 is 1.06 bits per heavy atom. The largest absolute Gasteiger partial charge is 0.319 e. The maximum absolute atomic E-state index is 13.6. The molecule has 32 heavy (non-hydrogen) atoms. The summed E-state index contributed by atoms with van der Waals surface area (Å²) in [5.74, 6) is -1.65. The fourth-order valence-corrected chi connectivity index (χ4v) is 4.45. The number of nitrogens with one attached hydrogen (secondary N) is 2. The van der Waals surface area contributed by atoms with Gasteiger partial charge in [0.15, 0.2) is 0 Å². The second-order valence-electron chi connectivity index (χ2n) is 6.73. The molecule has 166 valence electrons. The third kappa shape index (κ3) is 6.08. The predicted octanol–water partition coefficient (Wildman–Crippen LogP) is 3.87. The normalized spacial score (nSPS) is 12.2. The lowest BCUT2D eigenvalue weighted by Gasteiger charge is -2.19. The van der Waals surface area contributed by atoms with Crippen molar-refractivity contribution in [2.75, 3.05) is 5.32 Å². The van der Waals surface area contributed by atoms with E-state index in [1.807, 2.05) is 22.6 Å². The number of nitro groups is 1. The van der Waals surface area contributed by atoms with Crippen LogP contribution < -0.4 is 10.0 Å². The van der Waals surface area contributed by atoms with Crippen LogP contribution in [0.3, 0.4) is 0 Å². The highest BCUT2D eigenvalue weighted by molar-refractivity contribution is 14.1. The molecule has 0 saturated carbocycles. The molecule has 3 aromatic rings. The fourth-order valence-electron chi connectivity index (χ4n) is 2.89. The van der Waals surface area contributed by atoms with Gasteiger partial charge < -0.3 is 5.32 Å². The average Bonchev–Trinajstić information content (AvgIpc) is 2.74. The summed E-state index contributed by atoms with van der Waals surface area (Å²) in [5, 5.41) is 13.5. The molecule has 0 fully saturated rings. The van der Waals surface area contributed by atoms with Crippen LogP contribution in [0.1, 0.15) is 5.56 Å². The molecule has 2 N–H and O–H groups in total. The molecule has 0 unspecified atom stereocenters. The van der Waals surface area contributed by atoms with Crippen molar-refractivity contribution in [2.24, 2.45) is 0 Å². The lowest BCUT2D eigenvalue weighted by Crippen LogP contribution is -2.45. The van der Waals surface area contributed by atoms with Crippen molar-refractivity contribution in [3.05, 3.63) is 97.9 Å². The fraction of sp³-hybridized carbons (Fsp3) is 0.0952. The first kappa shape index (κ1) is 23.8. The van der Waals surface area contributed by atoms with Crippen molar-refractivity contribution >= 4 is 49.9 Å². The number of halogens is 2. The van der Waals surface area contributed by atoms with E-state index in [2.05, 4.69) is 10.0 Å². The molecule has 1 amide bonds. The minimum absolute atomic E-state index is 0.0284. The Balaban J connectivity index is 1.92. The summed E-state index contributed by atoms with van der Waals surface area (Å²) in [7, 11) is -4.09. The predicted molar refractivity (Wildman–Crippen MR) is 125 cm³/mol. The zero-order valence-electron chi connectivity index (χ0n) is 16.4. The molecule has 0 aliphatic carbocycles. The number of benzene rings is 3. The zero-order chi connectivity index (χ0) is 23.3. The van der Waals surface area contributed by atoms with Gasteiger partial charge in [-0.25, -0.2) is 12.8 Å². The van der Waals surface area contributed by atoms with E-state index in [1.54, 1.807) is 42.5 Å². The highest BCUT2D eigenvalue weighted by Gasteiger charge is 2.28. The summed E-state index contributed by atoms with van der Waals surface area (Å²) in [4.78, 5) is 23.4. The van der Waals surface area contributed by atoms with Crippen LogP contribution in [-0.4, -0.2) is 25.3 Å². The number of hydrogen-bond donors (Lipinski definition) is 2. The monoisotopic (exact) mass is 569 g/mol. The van der Waals surface area contributed by atoms with Crippen LogP contribution in [0.5, 0.6) is 0 Å². The molecule has 8 nitrogen and oxygen atoms in total. The second kappa shape index (κ2) is 10.1. The summed E-state index contributed by atoms with van der Waals surface area (Å²) >= 11 is 2.03. The van der Waals surface area contributed by atoms with Gasteiger partial charge in [-0.2, -0.15) is 4.72 Å². The number of amides is 1. The first-order valence-electron chi connectivity index (χ1n) is 9.22. The van der Waals surface area contributed by atoms with E-state index < -0.39 is 38.4 Å². The smallest absolute Gasteiger partial charge is 0.292 e. The van der Waals surface area contributed by atoms with Crippen molar-refractivity contribution in [1.29, 1.82) is 0 Å². The van der Waals surface area contributed by atoms with Gasteiger partial charge in [0.1, 0.15) is 17.5 Å². The number of nitrogens with zero attached hydrogens (tertiary/aromatic N) is 1. The SMILES string of the molecule is O=C(Nc1cc(F)ccc1[N+](=O)[O-])[C@@H](Cc1ccccc1)NS(=O)(=O)c1ccc(I)cc1. The quantitative estimate of drug-likeness (QED) is 0.243. The Hall–Kier alpha value is -2.90. The van der Waals surface area contributed by atoms with E-state index in [4.69, 9.17) is 0 Å². The van der Waals surface area contributed by atoms with E-state index in [1.165, 1.54) is 12.1 Å². The molecule has 0 aromatic heterocycles. The minimum Gasteiger partial charge on any atom is -0.319 e. The number of carbonyl (C=O) groups excluding carboxylic acids is 1. The molecule has 0 saturated heterocycles. The summed E-state index contributed by atoms with van der Waals surface area (Å²) in [5.41, 5.74) is -0.225. The van der Waals surface area contributed by atoms with Crippen LogP contribution in [0.2, 0.25) is 0 Å². The van der Waals surface area contributed by atoms with Gasteiger partial charge in [-0.3, -0.25) is 14.9 Å². The maximum Gasteiger partial charge on any atom is 0.292 e. The Kier molecular flexibility index (Phi) is 7.53. The lowest BCUT2D eigenvalue weighted by molar-refractivity contribution is -0.384. The molecular formula is C21H17FIN3O5S. The average molecular weight is 569 g/mol. The molecule has 0 spiro atoms. The zero-order valence-corrected chi connectivity index (χ0v) is 19.3. The number of hydrogen-bond acceptors (Lipinski definition) is 5. The van der Waals surface area contributed by atoms with Crippen molar-refractivity contribution in [2.45, 2.75) is 17.4 Å². The van der Waals surface area contributed by atoms with Crippen molar-refractivity contribution in [3.63, 3.8) is 0 Å². The van der Waals surface area contributed by atoms with Gasteiger partial charge in [-0.1, -0.05) is 30.3 Å². The molecule has 0 bridgehead atoms. The second-order valence-corrected chi connectivity index (χ2v) is 9.68. The number of sulfonamides is 1. The Bertz CT molecular complexity index is 1240. The lowest BCUT2D eigenvalue weighted by atomic mass is 10.1. The van der Waals surface area contributed by atoms with Gasteiger partial charge in [-0.15, -0.1) is 0 Å². The van der Waals surface area contributed by atoms with Gasteiger partial charge in [0, 0.05) is 15.7 Å². The summed E-state index contributed by atoms with van der Waals surface area (Å²) in [6.45, 7) is 0. The molecule has 0 heterocycles. The Morgan fingerprint density at radius 2 is 1.72 bits per heavy atom. The van der Waals surface area contributed by atoms with E-state index in [9.17, 15) is 27.7 Å². The highest BCUT2D eigenvalue weighted by Crippen LogP contribution is 2.25. The number of rotatable bonds is 8. The highest BCUT2D eigenvalue weighted by atomic mass is 127. The first-order valence-corrected chi connectivity index (χ1v) is 11.8. The van der Waals surface area contributed by atoms with Crippen LogP contribution in [-0.2, 0) is 21.2 Å². The molecule has 11 heteroatoms. The number of carbonyl (C=O) groups is 1. The summed E-state index contributed by atoms with van der Waals surface area (Å²) in [6.07, 6.45) is -0.0284. The molecule has 0 aliphatic rings. The summed E-state index contributed by atoms with van der Waals surface area (Å²) in [6, 6.07) is 16.0. The van der Waals surface area contributed by atoms with Crippen molar-refractivity contribution in [1.82, 2.24) is 4.72 Å². The molecule has 3 aromatic carbocycles. The van der Waals surface area contributed by atoms with Crippen LogP contribution in [0.25, 0.3) is 0 Å². The van der Waals surface area contributed by atoms with Gasteiger partial charge in [0.2, 0.25) is 15.9 Å². The van der Waals surface area contributed by atoms with Crippen LogP contribution in [0.15, 0.2) is 77.7 Å². The molecular weight excluding hydrogens is 552 g/mol. The molecule has 0 radical (unpaired) electrons. The molecule has 0 aliphatic heterocycles. The number of anilines is 1.